The van der Waals surface area contributed by atoms with Gasteiger partial charge in [-0.2, -0.15) is 0 Å². The molecule has 1 amide bonds. The fraction of sp³-hybridized carbons (Fsp3) is 0.174. The average Bonchev–Trinajstić information content (AvgIpc) is 2.79. The zero-order valence-corrected chi connectivity index (χ0v) is 18.6. The molecule has 1 aliphatic heterocycles. The highest BCUT2D eigenvalue weighted by atomic mass is 35.5. The van der Waals surface area contributed by atoms with Gasteiger partial charge in [0.15, 0.2) is 0 Å². The summed E-state index contributed by atoms with van der Waals surface area (Å²) in [6.07, 6.45) is 0.384. The van der Waals surface area contributed by atoms with Gasteiger partial charge in [-0.05, 0) is 41.8 Å². The molecule has 1 aliphatic rings. The summed E-state index contributed by atoms with van der Waals surface area (Å²) in [6.45, 7) is 1.85. The predicted octanol–water partition coefficient (Wildman–Crippen LogP) is 4.87. The number of halogens is 1. The summed E-state index contributed by atoms with van der Waals surface area (Å²) in [4.78, 5) is 23.7. The molecule has 2 atom stereocenters. The Labute approximate surface area is 190 Å². The number of non-ortho nitro benzene ring substituents is 1. The topological polar surface area (TPSA) is 97.6 Å². The highest BCUT2D eigenvalue weighted by molar-refractivity contribution is 7.89. The van der Waals surface area contributed by atoms with Crippen molar-refractivity contribution < 1.29 is 18.1 Å². The first-order valence-corrected chi connectivity index (χ1v) is 11.7. The van der Waals surface area contributed by atoms with Gasteiger partial charge in [0, 0.05) is 17.2 Å². The summed E-state index contributed by atoms with van der Waals surface area (Å²) in [5.74, 6) is -0.537. The normalized spacial score (nSPS) is 20.6. The van der Waals surface area contributed by atoms with Crippen molar-refractivity contribution in [1.29, 1.82) is 0 Å². The van der Waals surface area contributed by atoms with Gasteiger partial charge in [0.2, 0.25) is 5.91 Å². The molecular weight excluding hydrogens is 452 g/mol. The van der Waals surface area contributed by atoms with Crippen molar-refractivity contribution in [3.8, 4) is 0 Å². The molecule has 0 aromatic heterocycles. The molecule has 1 heterocycles. The molecule has 32 heavy (non-hydrogen) atoms. The number of carbonyl (C=O) groups excluding carboxylic acids is 1. The van der Waals surface area contributed by atoms with Gasteiger partial charge >= 0.3 is 0 Å². The maximum atomic E-state index is 13.6. The molecule has 164 valence electrons. The van der Waals surface area contributed by atoms with E-state index in [2.05, 4.69) is 0 Å². The molecule has 9 heteroatoms. The summed E-state index contributed by atoms with van der Waals surface area (Å²) in [6, 6.07) is 19.6. The predicted molar refractivity (Wildman–Crippen MR) is 120 cm³/mol. The van der Waals surface area contributed by atoms with Crippen molar-refractivity contribution in [3.63, 3.8) is 0 Å². The second kappa shape index (κ2) is 8.03. The molecule has 3 aromatic rings. The van der Waals surface area contributed by atoms with Gasteiger partial charge in [-0.1, -0.05) is 61.0 Å². The van der Waals surface area contributed by atoms with Gasteiger partial charge in [0.25, 0.3) is 15.7 Å². The first kappa shape index (κ1) is 22.0. The quantitative estimate of drug-likeness (QED) is 0.291. The Kier molecular flexibility index (Phi) is 5.52. The second-order valence-corrected chi connectivity index (χ2v) is 9.75. The first-order chi connectivity index (χ1) is 15.2. The van der Waals surface area contributed by atoms with Crippen LogP contribution in [0.3, 0.4) is 0 Å². The van der Waals surface area contributed by atoms with Crippen LogP contribution < -0.4 is 0 Å². The molecule has 4 rings (SSSR count). The van der Waals surface area contributed by atoms with E-state index in [1.165, 1.54) is 0 Å². The average molecular weight is 471 g/mol. The van der Waals surface area contributed by atoms with Crippen LogP contribution >= 0.6 is 11.6 Å². The van der Waals surface area contributed by atoms with Crippen molar-refractivity contribution in [2.75, 3.05) is 0 Å². The maximum Gasteiger partial charge on any atom is 0.269 e. The number of sulfonamides is 1. The van der Waals surface area contributed by atoms with Crippen LogP contribution in [0.25, 0.3) is 0 Å². The van der Waals surface area contributed by atoms with Crippen LogP contribution in [0.15, 0.2) is 83.8 Å². The minimum atomic E-state index is -4.26. The maximum absolute atomic E-state index is 13.6. The highest BCUT2D eigenvalue weighted by Crippen LogP contribution is 2.56. The molecule has 0 N–H and O–H groups in total. The molecule has 0 radical (unpaired) electrons. The lowest BCUT2D eigenvalue weighted by molar-refractivity contribution is -0.384. The number of nitrogens with zero attached hydrogens (tertiary/aromatic N) is 2. The lowest BCUT2D eigenvalue weighted by atomic mass is 9.63. The summed E-state index contributed by atoms with van der Waals surface area (Å²) in [5.41, 5.74) is 0.0521. The number of carbonyl (C=O) groups is 1. The molecule has 0 unspecified atom stereocenters. The summed E-state index contributed by atoms with van der Waals surface area (Å²) >= 11 is 6.04. The van der Waals surface area contributed by atoms with E-state index in [1.807, 2.05) is 37.3 Å². The number of amides is 1. The van der Waals surface area contributed by atoms with E-state index in [1.54, 1.807) is 24.3 Å². The van der Waals surface area contributed by atoms with Gasteiger partial charge in [-0.15, -0.1) is 0 Å². The van der Waals surface area contributed by atoms with Crippen LogP contribution in [0.2, 0.25) is 5.02 Å². The van der Waals surface area contributed by atoms with E-state index in [0.29, 0.717) is 17.0 Å². The first-order valence-electron chi connectivity index (χ1n) is 9.88. The number of rotatable bonds is 6. The van der Waals surface area contributed by atoms with Crippen molar-refractivity contribution in [2.45, 2.75) is 29.7 Å². The van der Waals surface area contributed by atoms with Crippen molar-refractivity contribution in [1.82, 2.24) is 4.31 Å². The van der Waals surface area contributed by atoms with Gasteiger partial charge in [0.05, 0.1) is 15.9 Å². The summed E-state index contributed by atoms with van der Waals surface area (Å²) in [5, 5.41) is 11.4. The van der Waals surface area contributed by atoms with E-state index in [-0.39, 0.29) is 10.6 Å². The van der Waals surface area contributed by atoms with Gasteiger partial charge in [0.1, 0.15) is 5.41 Å². The van der Waals surface area contributed by atoms with Crippen LogP contribution in [0.5, 0.6) is 0 Å². The highest BCUT2D eigenvalue weighted by Gasteiger charge is 2.65. The zero-order chi connectivity index (χ0) is 23.1. The molecule has 0 spiro atoms. The Morgan fingerprint density at radius 1 is 1.00 bits per heavy atom. The third kappa shape index (κ3) is 3.27. The minimum Gasteiger partial charge on any atom is -0.273 e. The molecule has 0 saturated carbocycles. The Morgan fingerprint density at radius 3 is 2.12 bits per heavy atom. The van der Waals surface area contributed by atoms with Crippen molar-refractivity contribution >= 4 is 33.2 Å². The lowest BCUT2D eigenvalue weighted by Gasteiger charge is -2.55. The summed E-state index contributed by atoms with van der Waals surface area (Å²) < 4.78 is 27.9. The van der Waals surface area contributed by atoms with Crippen LogP contribution in [0, 0.1) is 10.1 Å². The number of hydrogen-bond acceptors (Lipinski definition) is 5. The Balaban J connectivity index is 1.86. The van der Waals surface area contributed by atoms with Gasteiger partial charge in [-0.3, -0.25) is 14.9 Å². The number of nitro groups is 1. The van der Waals surface area contributed by atoms with Crippen LogP contribution in [0.4, 0.5) is 5.69 Å². The fourth-order valence-corrected chi connectivity index (χ4v) is 6.09. The zero-order valence-electron chi connectivity index (χ0n) is 17.0. The Bertz CT molecular complexity index is 1280. The number of nitro benzene ring substituents is 1. The Morgan fingerprint density at radius 2 is 1.59 bits per heavy atom. The van der Waals surface area contributed by atoms with Crippen molar-refractivity contribution in [2.24, 2.45) is 0 Å². The van der Waals surface area contributed by atoms with E-state index < -0.39 is 32.3 Å². The minimum absolute atomic E-state index is 0.187. The molecule has 7 nitrogen and oxygen atoms in total. The van der Waals surface area contributed by atoms with Crippen LogP contribution in [-0.2, 0) is 20.2 Å². The van der Waals surface area contributed by atoms with E-state index in [4.69, 9.17) is 11.6 Å². The van der Waals surface area contributed by atoms with E-state index in [0.717, 1.165) is 34.1 Å². The summed E-state index contributed by atoms with van der Waals surface area (Å²) in [7, 11) is -4.26. The number of β-lactam (4-membered cyclic amide) rings is 1. The smallest absolute Gasteiger partial charge is 0.269 e. The third-order valence-electron chi connectivity index (χ3n) is 5.92. The number of hydrogen-bond donors (Lipinski definition) is 0. The number of benzene rings is 3. The monoisotopic (exact) mass is 470 g/mol. The largest absolute Gasteiger partial charge is 0.273 e. The SMILES string of the molecule is CC[C@@]1(c2ccccc2)C(=O)N(S(=O)(=O)c2ccc([N+](=O)[O-])cc2)[C@@H]1c1ccc(Cl)cc1. The molecular formula is C23H19ClN2O5S. The molecule has 3 aromatic carbocycles. The third-order valence-corrected chi connectivity index (χ3v) is 7.93. The van der Waals surface area contributed by atoms with Crippen molar-refractivity contribution in [3.05, 3.63) is 105 Å². The van der Waals surface area contributed by atoms with E-state index >= 15 is 0 Å². The molecule has 0 bridgehead atoms. The van der Waals surface area contributed by atoms with Crippen LogP contribution in [0.1, 0.15) is 30.5 Å². The standard InChI is InChI=1S/C23H19ClN2O5S/c1-2-23(17-6-4-3-5-7-17)21(16-8-10-18(24)11-9-16)25(22(23)27)32(30,31)20-14-12-19(13-15-20)26(28)29/h3-15,21H,2H2,1H3/t21-,23+/m1/s1. The van der Waals surface area contributed by atoms with Gasteiger partial charge < -0.3 is 0 Å². The van der Waals surface area contributed by atoms with E-state index in [9.17, 15) is 23.3 Å². The molecule has 1 saturated heterocycles. The molecule has 0 aliphatic carbocycles. The second-order valence-electron chi connectivity index (χ2n) is 7.50. The fourth-order valence-electron chi connectivity index (χ4n) is 4.30. The molecule has 1 fully saturated rings. The Hall–Kier alpha value is -3.23. The van der Waals surface area contributed by atoms with Crippen LogP contribution in [-0.4, -0.2) is 23.6 Å². The van der Waals surface area contributed by atoms with Gasteiger partial charge in [-0.25, -0.2) is 12.7 Å². The lowest BCUT2D eigenvalue weighted by Crippen LogP contribution is -2.67.